The van der Waals surface area contributed by atoms with Crippen LogP contribution in [0.15, 0.2) is 22.7 Å². The van der Waals surface area contributed by atoms with Gasteiger partial charge >= 0.3 is 5.92 Å². The maximum Gasteiger partial charge on any atom is 0.322 e. The second-order valence-corrected chi connectivity index (χ2v) is 10.8. The minimum Gasteiger partial charge on any atom is -0.333 e. The van der Waals surface area contributed by atoms with Crippen LogP contribution in [0.2, 0.25) is 0 Å². The van der Waals surface area contributed by atoms with Crippen LogP contribution in [0.1, 0.15) is 75.6 Å². The van der Waals surface area contributed by atoms with Gasteiger partial charge in [0, 0.05) is 43.3 Å². The molecule has 2 aromatic rings. The average Bonchev–Trinajstić information content (AvgIpc) is 3.33. The molecule has 4 aliphatic carbocycles. The molecule has 0 saturated heterocycles. The highest BCUT2D eigenvalue weighted by Crippen LogP contribution is 2.58. The topological polar surface area (TPSA) is 83.0 Å². The Morgan fingerprint density at radius 2 is 1.81 bits per heavy atom. The number of nitriles is 1. The zero-order valence-corrected chi connectivity index (χ0v) is 19.7. The molecule has 1 aromatic carbocycles. The summed E-state index contributed by atoms with van der Waals surface area (Å²) in [6.45, 7) is 0.894. The van der Waals surface area contributed by atoms with Gasteiger partial charge in [0.25, 0.3) is 5.89 Å². The van der Waals surface area contributed by atoms with Crippen LogP contribution in [-0.4, -0.2) is 28.5 Å². The Labute approximate surface area is 204 Å². The van der Waals surface area contributed by atoms with Crippen LogP contribution in [0.4, 0.5) is 27.6 Å². The number of carbonyl (C=O) groups is 1. The number of anilines is 1. The van der Waals surface area contributed by atoms with Gasteiger partial charge in [0.05, 0.1) is 11.6 Å². The standard InChI is InChI=1S/C25H25F5N4O2/c1-22(27,28)21-32-20(33-36-21)24-5-2-23(3-6-24,4-7-24)14-34(19(35)16-11-25(29,30)12-16)18-9-15(13-31)8-17(26)10-18/h8-10,16H,2-7,11-12,14H2,1H3. The maximum atomic E-state index is 14.3. The van der Waals surface area contributed by atoms with Crippen molar-refractivity contribution in [2.24, 2.45) is 11.3 Å². The number of hydrogen-bond acceptors (Lipinski definition) is 5. The van der Waals surface area contributed by atoms with Gasteiger partial charge in [-0.3, -0.25) is 4.79 Å². The van der Waals surface area contributed by atoms with Gasteiger partial charge in [0.2, 0.25) is 11.8 Å². The second kappa shape index (κ2) is 8.25. The zero-order chi connectivity index (χ0) is 25.9. The Morgan fingerprint density at radius 3 is 2.33 bits per heavy atom. The number of amides is 1. The molecule has 36 heavy (non-hydrogen) atoms. The Bertz CT molecular complexity index is 1200. The fourth-order valence-corrected chi connectivity index (χ4v) is 5.94. The van der Waals surface area contributed by atoms with E-state index in [1.165, 1.54) is 11.0 Å². The van der Waals surface area contributed by atoms with Crippen molar-refractivity contribution >= 4 is 11.6 Å². The lowest BCUT2D eigenvalue weighted by molar-refractivity contribution is -0.148. The van der Waals surface area contributed by atoms with Gasteiger partial charge in [-0.05, 0) is 62.1 Å². The molecule has 11 heteroatoms. The summed E-state index contributed by atoms with van der Waals surface area (Å²) in [4.78, 5) is 18.7. The van der Waals surface area contributed by atoms with E-state index < -0.39 is 53.6 Å². The zero-order valence-electron chi connectivity index (χ0n) is 19.7. The van der Waals surface area contributed by atoms with Crippen LogP contribution in [0.3, 0.4) is 0 Å². The molecule has 6 nitrogen and oxygen atoms in total. The molecule has 1 aromatic heterocycles. The molecule has 0 aliphatic heterocycles. The van der Waals surface area contributed by atoms with Gasteiger partial charge in [-0.15, -0.1) is 0 Å². The highest BCUT2D eigenvalue weighted by molar-refractivity contribution is 5.96. The second-order valence-electron chi connectivity index (χ2n) is 10.8. The van der Waals surface area contributed by atoms with E-state index in [1.807, 2.05) is 6.07 Å². The molecule has 4 aliphatic rings. The molecule has 0 spiro atoms. The summed E-state index contributed by atoms with van der Waals surface area (Å²) in [7, 11) is 0. The maximum absolute atomic E-state index is 14.3. The molecular weight excluding hydrogens is 483 g/mol. The number of benzene rings is 1. The predicted molar refractivity (Wildman–Crippen MR) is 117 cm³/mol. The molecule has 192 valence electrons. The normalized spacial score (nSPS) is 27.4. The first-order valence-corrected chi connectivity index (χ1v) is 12.0. The van der Waals surface area contributed by atoms with E-state index in [0.717, 1.165) is 12.1 Å². The van der Waals surface area contributed by atoms with E-state index in [-0.39, 0.29) is 29.0 Å². The summed E-state index contributed by atoms with van der Waals surface area (Å²) in [5, 5.41) is 13.1. The monoisotopic (exact) mass is 508 g/mol. The third kappa shape index (κ3) is 4.35. The van der Waals surface area contributed by atoms with Crippen molar-refractivity contribution in [3.8, 4) is 6.07 Å². The van der Waals surface area contributed by atoms with Crippen molar-refractivity contribution in [2.75, 3.05) is 11.4 Å². The lowest BCUT2D eigenvalue weighted by Crippen LogP contribution is -2.54. The van der Waals surface area contributed by atoms with E-state index in [1.54, 1.807) is 0 Å². The number of aromatic nitrogens is 2. The minimum absolute atomic E-state index is 0.0335. The van der Waals surface area contributed by atoms with Crippen molar-refractivity contribution in [3.63, 3.8) is 0 Å². The number of hydrogen-bond donors (Lipinski definition) is 0. The molecule has 6 rings (SSSR count). The molecule has 1 heterocycles. The molecule has 4 saturated carbocycles. The summed E-state index contributed by atoms with van der Waals surface area (Å²) in [6.07, 6.45) is 2.56. The van der Waals surface area contributed by atoms with E-state index in [0.29, 0.717) is 45.4 Å². The average molecular weight is 508 g/mol. The van der Waals surface area contributed by atoms with Crippen molar-refractivity contribution in [3.05, 3.63) is 41.3 Å². The molecule has 4 fully saturated rings. The van der Waals surface area contributed by atoms with Crippen LogP contribution in [0.5, 0.6) is 0 Å². The van der Waals surface area contributed by atoms with Crippen LogP contribution in [-0.2, 0) is 16.1 Å². The largest absolute Gasteiger partial charge is 0.333 e. The fraction of sp³-hybridized carbons (Fsp3) is 0.600. The third-order valence-electron chi connectivity index (χ3n) is 8.20. The van der Waals surface area contributed by atoms with Crippen LogP contribution in [0.25, 0.3) is 0 Å². The van der Waals surface area contributed by atoms with Crippen LogP contribution in [0, 0.1) is 28.5 Å². The molecule has 0 N–H and O–H groups in total. The minimum atomic E-state index is -3.23. The highest BCUT2D eigenvalue weighted by Gasteiger charge is 2.55. The molecule has 1 amide bonds. The van der Waals surface area contributed by atoms with Crippen molar-refractivity contribution in [1.82, 2.24) is 10.1 Å². The van der Waals surface area contributed by atoms with Gasteiger partial charge in [-0.25, -0.2) is 13.2 Å². The van der Waals surface area contributed by atoms with Crippen LogP contribution < -0.4 is 4.90 Å². The first-order valence-electron chi connectivity index (χ1n) is 12.0. The van der Waals surface area contributed by atoms with Crippen LogP contribution >= 0.6 is 0 Å². The summed E-state index contributed by atoms with van der Waals surface area (Å²) < 4.78 is 73.4. The molecule has 0 radical (unpaired) electrons. The number of halogens is 5. The summed E-state index contributed by atoms with van der Waals surface area (Å²) in [5.41, 5.74) is -0.640. The van der Waals surface area contributed by atoms with Gasteiger partial charge in [-0.2, -0.15) is 19.0 Å². The van der Waals surface area contributed by atoms with Crippen molar-refractivity contribution in [1.29, 1.82) is 5.26 Å². The smallest absolute Gasteiger partial charge is 0.322 e. The summed E-state index contributed by atoms with van der Waals surface area (Å²) in [5.74, 6) is -8.64. The Kier molecular flexibility index (Phi) is 5.65. The number of alkyl halides is 4. The van der Waals surface area contributed by atoms with Gasteiger partial charge < -0.3 is 9.42 Å². The van der Waals surface area contributed by atoms with E-state index >= 15 is 0 Å². The predicted octanol–water partition coefficient (Wildman–Crippen LogP) is 5.86. The first kappa shape index (κ1) is 24.7. The SMILES string of the molecule is CC(F)(F)c1nc(C23CCC(CN(C(=O)C4CC(F)(F)C4)c4cc(F)cc(C#N)c4)(CC2)CC3)no1. The number of fused-ring (bicyclic) bond motifs is 3. The third-order valence-corrected chi connectivity index (χ3v) is 8.20. The van der Waals surface area contributed by atoms with Gasteiger partial charge in [-0.1, -0.05) is 5.16 Å². The van der Waals surface area contributed by atoms with Gasteiger partial charge in [0.15, 0.2) is 5.82 Å². The van der Waals surface area contributed by atoms with Crippen molar-refractivity contribution in [2.45, 2.75) is 75.6 Å². The summed E-state index contributed by atoms with van der Waals surface area (Å²) in [6, 6.07) is 5.47. The molecule has 2 bridgehead atoms. The van der Waals surface area contributed by atoms with E-state index in [4.69, 9.17) is 4.52 Å². The number of carbonyl (C=O) groups excluding carboxylic acids is 1. The lowest BCUT2D eigenvalue weighted by atomic mass is 9.53. The van der Waals surface area contributed by atoms with Crippen molar-refractivity contribution < 1.29 is 31.3 Å². The molecule has 0 atom stereocenters. The Hall–Kier alpha value is -3.03. The quantitative estimate of drug-likeness (QED) is 0.457. The number of rotatable bonds is 6. The first-order chi connectivity index (χ1) is 16.8. The Balaban J connectivity index is 1.39. The Morgan fingerprint density at radius 1 is 1.17 bits per heavy atom. The lowest BCUT2D eigenvalue weighted by Gasteiger charge is -2.53. The summed E-state index contributed by atoms with van der Waals surface area (Å²) >= 11 is 0. The molecular formula is C25H25F5N4O2. The van der Waals surface area contributed by atoms with Gasteiger partial charge in [0.1, 0.15) is 5.82 Å². The highest BCUT2D eigenvalue weighted by atomic mass is 19.3. The molecule has 0 unspecified atom stereocenters. The van der Waals surface area contributed by atoms with E-state index in [2.05, 4.69) is 10.1 Å². The number of nitrogens with zero attached hydrogens (tertiary/aromatic N) is 4. The fourth-order valence-electron chi connectivity index (χ4n) is 5.94. The van der Waals surface area contributed by atoms with E-state index in [9.17, 15) is 32.0 Å².